The molecule has 0 aliphatic heterocycles. The molecule has 4 heteroatoms. The molecule has 1 aromatic rings. The van der Waals surface area contributed by atoms with Crippen LogP contribution in [0.2, 0.25) is 0 Å². The maximum Gasteiger partial charge on any atom is 0.367 e. The lowest BCUT2D eigenvalue weighted by atomic mass is 10.0. The Kier molecular flexibility index (Phi) is 5.17. The number of nitrogens with zero attached hydrogens (tertiary/aromatic N) is 2. The van der Waals surface area contributed by atoms with Gasteiger partial charge < -0.3 is 14.1 Å². The van der Waals surface area contributed by atoms with Crippen molar-refractivity contribution in [3.8, 4) is 5.75 Å². The van der Waals surface area contributed by atoms with Crippen molar-refractivity contribution >= 4 is 11.7 Å². The van der Waals surface area contributed by atoms with E-state index in [9.17, 15) is 4.79 Å². The Morgan fingerprint density at radius 2 is 1.85 bits per heavy atom. The molecular weight excluding hydrogens is 252 g/mol. The molecule has 1 aromatic carbocycles. The third kappa shape index (κ3) is 4.85. The van der Waals surface area contributed by atoms with E-state index >= 15 is 0 Å². The number of ether oxygens (including phenoxy) is 1. The van der Waals surface area contributed by atoms with Crippen molar-refractivity contribution in [3.05, 3.63) is 23.8 Å². The second-order valence-electron chi connectivity index (χ2n) is 6.69. The summed E-state index contributed by atoms with van der Waals surface area (Å²) in [5.74, 6) is 0.798. The van der Waals surface area contributed by atoms with E-state index < -0.39 is 0 Å². The van der Waals surface area contributed by atoms with Gasteiger partial charge in [0, 0.05) is 19.8 Å². The largest absolute Gasteiger partial charge is 0.422 e. The van der Waals surface area contributed by atoms with Gasteiger partial charge in [0.15, 0.2) is 6.54 Å². The van der Waals surface area contributed by atoms with Crippen LogP contribution in [0.5, 0.6) is 5.75 Å². The summed E-state index contributed by atoms with van der Waals surface area (Å²) in [6.07, 6.45) is 0. The Morgan fingerprint density at radius 1 is 1.25 bits per heavy atom. The van der Waals surface area contributed by atoms with Crippen LogP contribution in [0, 0.1) is 0 Å². The average molecular weight is 279 g/mol. The molecule has 0 fully saturated rings. The lowest BCUT2D eigenvalue weighted by molar-refractivity contribution is -0.862. The molecule has 0 aliphatic rings. The predicted octanol–water partition coefficient (Wildman–Crippen LogP) is 2.49. The highest BCUT2D eigenvalue weighted by Crippen LogP contribution is 2.30. The molecule has 0 unspecified atom stereocenters. The zero-order chi connectivity index (χ0) is 15.5. The first-order valence-electron chi connectivity index (χ1n) is 6.92. The summed E-state index contributed by atoms with van der Waals surface area (Å²) in [5.41, 5.74) is 2.34. The fourth-order valence-electron chi connectivity index (χ4n) is 2.02. The first-order chi connectivity index (χ1) is 9.10. The maximum atomic E-state index is 11.9. The molecule has 1 rings (SSSR count). The van der Waals surface area contributed by atoms with Crippen molar-refractivity contribution in [3.63, 3.8) is 0 Å². The van der Waals surface area contributed by atoms with Gasteiger partial charge in [0.05, 0.1) is 21.1 Å². The molecule has 0 bridgehead atoms. The van der Waals surface area contributed by atoms with E-state index in [0.29, 0.717) is 22.7 Å². The van der Waals surface area contributed by atoms with Crippen LogP contribution in [0.1, 0.15) is 25.3 Å². The van der Waals surface area contributed by atoms with Crippen LogP contribution in [0.15, 0.2) is 18.2 Å². The lowest BCUT2D eigenvalue weighted by Crippen LogP contribution is -2.41. The van der Waals surface area contributed by atoms with Gasteiger partial charge in [-0.3, -0.25) is 0 Å². The zero-order valence-corrected chi connectivity index (χ0v) is 13.7. The third-order valence-corrected chi connectivity index (χ3v) is 2.94. The standard InChI is InChI=1S/C16H27N2O2/c1-12(2)14-10-13(8-9-15(14)17(3)4)20-16(19)11-18(5,6)7/h8-10,12H,11H2,1-7H3/q+1. The number of carbonyl (C=O) groups is 1. The summed E-state index contributed by atoms with van der Waals surface area (Å²) in [7, 11) is 9.94. The lowest BCUT2D eigenvalue weighted by Gasteiger charge is -2.23. The Bertz CT molecular complexity index is 474. The topological polar surface area (TPSA) is 29.5 Å². The highest BCUT2D eigenvalue weighted by Gasteiger charge is 2.17. The van der Waals surface area contributed by atoms with E-state index in [1.165, 1.54) is 5.56 Å². The molecule has 112 valence electrons. The fraction of sp³-hybridized carbons (Fsp3) is 0.562. The van der Waals surface area contributed by atoms with E-state index in [2.05, 4.69) is 18.7 Å². The summed E-state index contributed by atoms with van der Waals surface area (Å²) >= 11 is 0. The van der Waals surface area contributed by atoms with E-state index in [4.69, 9.17) is 4.74 Å². The van der Waals surface area contributed by atoms with Crippen molar-refractivity contribution < 1.29 is 14.0 Å². The molecule has 0 heterocycles. The van der Waals surface area contributed by atoms with Gasteiger partial charge in [-0.2, -0.15) is 0 Å². The second-order valence-corrected chi connectivity index (χ2v) is 6.69. The number of quaternary nitrogens is 1. The summed E-state index contributed by atoms with van der Waals surface area (Å²) in [6, 6.07) is 5.83. The third-order valence-electron chi connectivity index (χ3n) is 2.94. The number of rotatable bonds is 5. The van der Waals surface area contributed by atoms with Gasteiger partial charge in [-0.15, -0.1) is 0 Å². The quantitative estimate of drug-likeness (QED) is 0.471. The smallest absolute Gasteiger partial charge is 0.367 e. The minimum Gasteiger partial charge on any atom is -0.422 e. The van der Waals surface area contributed by atoms with Crippen LogP contribution in [0.25, 0.3) is 0 Å². The molecular formula is C16H27N2O2+. The molecule has 0 aromatic heterocycles. The number of carbonyl (C=O) groups excluding carboxylic acids is 1. The monoisotopic (exact) mass is 279 g/mol. The Morgan fingerprint density at radius 3 is 2.30 bits per heavy atom. The van der Waals surface area contributed by atoms with Gasteiger partial charge in [0.25, 0.3) is 0 Å². The molecule has 0 aliphatic carbocycles. The molecule has 0 atom stereocenters. The second kappa shape index (κ2) is 6.27. The highest BCUT2D eigenvalue weighted by atomic mass is 16.5. The van der Waals surface area contributed by atoms with E-state index in [1.807, 2.05) is 53.4 Å². The molecule has 0 saturated carbocycles. The summed E-state index contributed by atoms with van der Waals surface area (Å²) in [4.78, 5) is 14.0. The average Bonchev–Trinajstić information content (AvgIpc) is 2.25. The van der Waals surface area contributed by atoms with Crippen molar-refractivity contribution in [1.82, 2.24) is 0 Å². The number of esters is 1. The van der Waals surface area contributed by atoms with E-state index in [-0.39, 0.29) is 5.97 Å². The van der Waals surface area contributed by atoms with Gasteiger partial charge in [-0.25, -0.2) is 4.79 Å². The normalized spacial score (nSPS) is 11.6. The number of hydrogen-bond donors (Lipinski definition) is 0. The summed E-state index contributed by atoms with van der Waals surface area (Å²) in [5, 5.41) is 0. The van der Waals surface area contributed by atoms with E-state index in [1.54, 1.807) is 0 Å². The molecule has 0 saturated heterocycles. The minimum atomic E-state index is -0.204. The first-order valence-corrected chi connectivity index (χ1v) is 6.92. The molecule has 0 radical (unpaired) electrons. The SMILES string of the molecule is CC(C)c1cc(OC(=O)C[N+](C)(C)C)ccc1N(C)C. The fourth-order valence-corrected chi connectivity index (χ4v) is 2.02. The molecule has 20 heavy (non-hydrogen) atoms. The Hall–Kier alpha value is -1.55. The van der Waals surface area contributed by atoms with Crippen LogP contribution in [0.4, 0.5) is 5.69 Å². The van der Waals surface area contributed by atoms with E-state index in [0.717, 1.165) is 5.69 Å². The molecule has 0 N–H and O–H groups in total. The van der Waals surface area contributed by atoms with Gasteiger partial charge in [0.2, 0.25) is 0 Å². The van der Waals surface area contributed by atoms with Crippen LogP contribution in [-0.2, 0) is 4.79 Å². The molecule has 4 nitrogen and oxygen atoms in total. The minimum absolute atomic E-state index is 0.204. The van der Waals surface area contributed by atoms with Crippen LogP contribution in [-0.4, -0.2) is 52.2 Å². The van der Waals surface area contributed by atoms with Crippen molar-refractivity contribution in [2.24, 2.45) is 0 Å². The zero-order valence-electron chi connectivity index (χ0n) is 13.7. The number of likely N-dealkylation sites (N-methyl/N-ethyl adjacent to an activating group) is 1. The van der Waals surface area contributed by atoms with Crippen LogP contribution >= 0.6 is 0 Å². The van der Waals surface area contributed by atoms with Gasteiger partial charge >= 0.3 is 5.97 Å². The van der Waals surface area contributed by atoms with Gasteiger partial charge in [-0.1, -0.05) is 13.8 Å². The van der Waals surface area contributed by atoms with Crippen molar-refractivity contribution in [1.29, 1.82) is 0 Å². The molecule has 0 amide bonds. The number of anilines is 1. The van der Waals surface area contributed by atoms with Crippen molar-refractivity contribution in [2.45, 2.75) is 19.8 Å². The van der Waals surface area contributed by atoms with Crippen LogP contribution in [0.3, 0.4) is 0 Å². The predicted molar refractivity (Wildman–Crippen MR) is 83.4 cm³/mol. The number of hydrogen-bond acceptors (Lipinski definition) is 3. The van der Waals surface area contributed by atoms with Gasteiger partial charge in [-0.05, 0) is 29.7 Å². The first kappa shape index (κ1) is 16.5. The molecule has 0 spiro atoms. The van der Waals surface area contributed by atoms with Gasteiger partial charge in [0.1, 0.15) is 5.75 Å². The van der Waals surface area contributed by atoms with Crippen LogP contribution < -0.4 is 9.64 Å². The highest BCUT2D eigenvalue weighted by molar-refractivity contribution is 5.74. The maximum absolute atomic E-state index is 11.9. The Labute approximate surface area is 122 Å². The number of benzene rings is 1. The Balaban J connectivity index is 2.93. The summed E-state index contributed by atoms with van der Waals surface area (Å²) < 4.78 is 6.00. The summed E-state index contributed by atoms with van der Waals surface area (Å²) in [6.45, 7) is 4.63. The van der Waals surface area contributed by atoms with Crippen molar-refractivity contribution in [2.75, 3.05) is 46.7 Å².